The second-order valence-corrected chi connectivity index (χ2v) is 8.69. The van der Waals surface area contributed by atoms with Crippen LogP contribution in [-0.2, 0) is 4.79 Å². The van der Waals surface area contributed by atoms with Crippen LogP contribution in [0.4, 0.5) is 11.4 Å². The molecule has 0 atom stereocenters. The molecule has 0 aromatic heterocycles. The number of hydrogen-bond donors (Lipinski definition) is 1. The first kappa shape index (κ1) is 22.9. The second kappa shape index (κ2) is 10.1. The molecule has 1 N–H and O–H groups in total. The topological polar surface area (TPSA) is 61.9 Å². The SMILES string of the molecule is CC(C)Oc1cccc(C(=O)Nc2ccc(N3CCN(C(=O)C(C)C)CC3)c(Cl)c2)c1. The van der Waals surface area contributed by atoms with Crippen molar-refractivity contribution in [3.8, 4) is 5.75 Å². The summed E-state index contributed by atoms with van der Waals surface area (Å²) < 4.78 is 5.66. The molecular weight excluding hydrogens is 414 g/mol. The highest BCUT2D eigenvalue weighted by atomic mass is 35.5. The van der Waals surface area contributed by atoms with Gasteiger partial charge in [-0.2, -0.15) is 0 Å². The van der Waals surface area contributed by atoms with Gasteiger partial charge >= 0.3 is 0 Å². The Morgan fingerprint density at radius 1 is 1.00 bits per heavy atom. The van der Waals surface area contributed by atoms with Crippen molar-refractivity contribution in [2.75, 3.05) is 36.4 Å². The first-order valence-corrected chi connectivity index (χ1v) is 11.0. The minimum absolute atomic E-state index is 0.00987. The molecule has 1 saturated heterocycles. The lowest BCUT2D eigenvalue weighted by atomic mass is 10.1. The normalized spacial score (nSPS) is 14.2. The molecule has 0 unspecified atom stereocenters. The van der Waals surface area contributed by atoms with Crippen LogP contribution >= 0.6 is 11.6 Å². The zero-order valence-electron chi connectivity index (χ0n) is 18.5. The van der Waals surface area contributed by atoms with Gasteiger partial charge in [-0.25, -0.2) is 0 Å². The number of ether oxygens (including phenoxy) is 1. The van der Waals surface area contributed by atoms with Crippen molar-refractivity contribution in [3.63, 3.8) is 0 Å². The largest absolute Gasteiger partial charge is 0.491 e. The Balaban J connectivity index is 1.64. The molecule has 6 nitrogen and oxygen atoms in total. The Bertz CT molecular complexity index is 937. The van der Waals surface area contributed by atoms with E-state index in [4.69, 9.17) is 16.3 Å². The maximum atomic E-state index is 12.6. The summed E-state index contributed by atoms with van der Waals surface area (Å²) in [4.78, 5) is 28.9. The summed E-state index contributed by atoms with van der Waals surface area (Å²) in [5.74, 6) is 0.632. The molecule has 0 radical (unpaired) electrons. The Kier molecular flexibility index (Phi) is 7.44. The molecule has 0 saturated carbocycles. The van der Waals surface area contributed by atoms with Gasteiger partial charge in [-0.1, -0.05) is 31.5 Å². The molecular formula is C24H30ClN3O3. The third-order valence-electron chi connectivity index (χ3n) is 5.10. The summed E-state index contributed by atoms with van der Waals surface area (Å²) in [6, 6.07) is 12.6. The summed E-state index contributed by atoms with van der Waals surface area (Å²) in [6.45, 7) is 10.6. The lowest BCUT2D eigenvalue weighted by molar-refractivity contribution is -0.134. The number of piperazine rings is 1. The van der Waals surface area contributed by atoms with Gasteiger partial charge in [0.1, 0.15) is 5.75 Å². The van der Waals surface area contributed by atoms with Crippen molar-refractivity contribution in [3.05, 3.63) is 53.1 Å². The molecule has 1 aliphatic heterocycles. The minimum Gasteiger partial charge on any atom is -0.491 e. The van der Waals surface area contributed by atoms with Gasteiger partial charge in [0.15, 0.2) is 0 Å². The van der Waals surface area contributed by atoms with Crippen LogP contribution < -0.4 is 15.0 Å². The molecule has 7 heteroatoms. The smallest absolute Gasteiger partial charge is 0.255 e. The number of benzene rings is 2. The van der Waals surface area contributed by atoms with E-state index in [0.29, 0.717) is 35.1 Å². The number of hydrogen-bond acceptors (Lipinski definition) is 4. The summed E-state index contributed by atoms with van der Waals surface area (Å²) in [5.41, 5.74) is 2.05. The quantitative estimate of drug-likeness (QED) is 0.703. The Morgan fingerprint density at radius 2 is 1.71 bits per heavy atom. The molecule has 1 aliphatic rings. The fraction of sp³-hybridized carbons (Fsp3) is 0.417. The van der Waals surface area contributed by atoms with Crippen molar-refractivity contribution < 1.29 is 14.3 Å². The molecule has 0 spiro atoms. The van der Waals surface area contributed by atoms with E-state index >= 15 is 0 Å². The lowest BCUT2D eigenvalue weighted by Crippen LogP contribution is -2.50. The van der Waals surface area contributed by atoms with E-state index in [-0.39, 0.29) is 23.8 Å². The van der Waals surface area contributed by atoms with E-state index in [2.05, 4.69) is 10.2 Å². The van der Waals surface area contributed by atoms with Gasteiger partial charge in [-0.15, -0.1) is 0 Å². The Morgan fingerprint density at radius 3 is 2.32 bits per heavy atom. The highest BCUT2D eigenvalue weighted by Gasteiger charge is 2.24. The van der Waals surface area contributed by atoms with Gasteiger partial charge < -0.3 is 19.9 Å². The van der Waals surface area contributed by atoms with Crippen molar-refractivity contribution >= 4 is 34.8 Å². The molecule has 2 aromatic carbocycles. The maximum Gasteiger partial charge on any atom is 0.255 e. The number of anilines is 2. The standard InChI is InChI=1S/C24H30ClN3O3/c1-16(2)24(30)28-12-10-27(11-13-28)22-9-8-19(15-21(22)25)26-23(29)18-6-5-7-20(14-18)31-17(3)4/h5-9,14-17H,10-13H2,1-4H3,(H,26,29). The van der Waals surface area contributed by atoms with E-state index in [1.807, 2.05) is 50.8 Å². The molecule has 2 amide bonds. The van der Waals surface area contributed by atoms with Gasteiger partial charge in [0.25, 0.3) is 5.91 Å². The summed E-state index contributed by atoms with van der Waals surface area (Å²) in [7, 11) is 0. The van der Waals surface area contributed by atoms with Gasteiger partial charge in [0.05, 0.1) is 16.8 Å². The summed E-state index contributed by atoms with van der Waals surface area (Å²) in [6.07, 6.45) is 0.0371. The van der Waals surface area contributed by atoms with Gasteiger partial charge in [-0.3, -0.25) is 9.59 Å². The average molecular weight is 444 g/mol. The van der Waals surface area contributed by atoms with Crippen molar-refractivity contribution in [1.29, 1.82) is 0 Å². The van der Waals surface area contributed by atoms with E-state index in [0.717, 1.165) is 18.8 Å². The fourth-order valence-corrected chi connectivity index (χ4v) is 3.86. The molecule has 0 bridgehead atoms. The fourth-order valence-electron chi connectivity index (χ4n) is 3.56. The molecule has 1 heterocycles. The van der Waals surface area contributed by atoms with Crippen LogP contribution in [0.2, 0.25) is 5.02 Å². The highest BCUT2D eigenvalue weighted by molar-refractivity contribution is 6.33. The van der Waals surface area contributed by atoms with E-state index in [1.54, 1.807) is 24.3 Å². The van der Waals surface area contributed by atoms with Crippen LogP contribution in [0.15, 0.2) is 42.5 Å². The van der Waals surface area contributed by atoms with Crippen molar-refractivity contribution in [2.24, 2.45) is 5.92 Å². The molecule has 3 rings (SSSR count). The first-order chi connectivity index (χ1) is 14.7. The van der Waals surface area contributed by atoms with E-state index < -0.39 is 0 Å². The third kappa shape index (κ3) is 5.91. The van der Waals surface area contributed by atoms with Gasteiger partial charge in [-0.05, 0) is 50.2 Å². The number of nitrogens with zero attached hydrogens (tertiary/aromatic N) is 2. The molecule has 1 fully saturated rings. The number of amides is 2. The third-order valence-corrected chi connectivity index (χ3v) is 5.40. The molecule has 2 aromatic rings. The summed E-state index contributed by atoms with van der Waals surface area (Å²) >= 11 is 6.53. The average Bonchev–Trinajstić information content (AvgIpc) is 2.73. The lowest BCUT2D eigenvalue weighted by Gasteiger charge is -2.37. The number of nitrogens with one attached hydrogen (secondary N) is 1. The van der Waals surface area contributed by atoms with E-state index in [9.17, 15) is 9.59 Å². The minimum atomic E-state index is -0.223. The van der Waals surface area contributed by atoms with Crippen LogP contribution in [0.25, 0.3) is 0 Å². The first-order valence-electron chi connectivity index (χ1n) is 10.7. The van der Waals surface area contributed by atoms with Gasteiger partial charge in [0.2, 0.25) is 5.91 Å². The summed E-state index contributed by atoms with van der Waals surface area (Å²) in [5, 5.41) is 3.46. The number of halogens is 1. The second-order valence-electron chi connectivity index (χ2n) is 8.28. The Hall–Kier alpha value is -2.73. The number of carbonyl (C=O) groups excluding carboxylic acids is 2. The predicted molar refractivity (Wildman–Crippen MR) is 125 cm³/mol. The van der Waals surface area contributed by atoms with Crippen LogP contribution in [0.3, 0.4) is 0 Å². The van der Waals surface area contributed by atoms with Crippen LogP contribution in [-0.4, -0.2) is 49.0 Å². The molecule has 0 aliphatic carbocycles. The van der Waals surface area contributed by atoms with Gasteiger partial charge in [0, 0.05) is 43.3 Å². The maximum absolute atomic E-state index is 12.6. The Labute approximate surface area is 189 Å². The van der Waals surface area contributed by atoms with Crippen molar-refractivity contribution in [1.82, 2.24) is 4.90 Å². The predicted octanol–water partition coefficient (Wildman–Crippen LogP) is 4.68. The van der Waals surface area contributed by atoms with Crippen molar-refractivity contribution in [2.45, 2.75) is 33.8 Å². The highest BCUT2D eigenvalue weighted by Crippen LogP contribution is 2.30. The molecule has 166 valence electrons. The van der Waals surface area contributed by atoms with Crippen LogP contribution in [0, 0.1) is 5.92 Å². The van der Waals surface area contributed by atoms with Crippen LogP contribution in [0.1, 0.15) is 38.1 Å². The monoisotopic (exact) mass is 443 g/mol. The van der Waals surface area contributed by atoms with E-state index in [1.165, 1.54) is 0 Å². The number of rotatable bonds is 6. The molecule has 31 heavy (non-hydrogen) atoms. The zero-order chi connectivity index (χ0) is 22.5. The zero-order valence-corrected chi connectivity index (χ0v) is 19.3. The van der Waals surface area contributed by atoms with Crippen LogP contribution in [0.5, 0.6) is 5.75 Å². The number of carbonyl (C=O) groups is 2.